The summed E-state index contributed by atoms with van der Waals surface area (Å²) in [4.78, 5) is 12.2. The van der Waals surface area contributed by atoms with Crippen molar-refractivity contribution >= 4 is 31.9 Å². The molecule has 1 amide bonds. The van der Waals surface area contributed by atoms with Crippen LogP contribution in [0.4, 0.5) is 0 Å². The Balaban J connectivity index is 3.12. The van der Waals surface area contributed by atoms with Gasteiger partial charge in [-0.3, -0.25) is 4.79 Å². The standard InChI is InChI=1S/C14H21BrN2O3S/c1-8(2)5-9(3)17-14(18)12-6-11(21(16,19)20)7-13(15)10(12)4/h6-9H,5H2,1-4H3,(H,17,18)(H2,16,19,20). The van der Waals surface area contributed by atoms with Crippen LogP contribution in [-0.4, -0.2) is 20.4 Å². The molecule has 7 heteroatoms. The van der Waals surface area contributed by atoms with Gasteiger partial charge in [0.2, 0.25) is 10.0 Å². The summed E-state index contributed by atoms with van der Waals surface area (Å²) in [5.74, 6) is 0.163. The minimum Gasteiger partial charge on any atom is -0.350 e. The summed E-state index contributed by atoms with van der Waals surface area (Å²) in [6.45, 7) is 7.82. The van der Waals surface area contributed by atoms with Crippen molar-refractivity contribution in [3.05, 3.63) is 27.7 Å². The number of nitrogens with two attached hydrogens (primary N) is 1. The van der Waals surface area contributed by atoms with Crippen molar-refractivity contribution in [1.82, 2.24) is 5.32 Å². The predicted octanol–water partition coefficient (Wildman–Crippen LogP) is 2.57. The molecule has 5 nitrogen and oxygen atoms in total. The van der Waals surface area contributed by atoms with Gasteiger partial charge in [-0.15, -0.1) is 0 Å². The fraction of sp³-hybridized carbons (Fsp3) is 0.500. The largest absolute Gasteiger partial charge is 0.350 e. The monoisotopic (exact) mass is 376 g/mol. The molecule has 3 N–H and O–H groups in total. The van der Waals surface area contributed by atoms with Gasteiger partial charge in [-0.25, -0.2) is 13.6 Å². The molecular formula is C14H21BrN2O3S. The number of nitrogens with one attached hydrogen (secondary N) is 1. The highest BCUT2D eigenvalue weighted by Crippen LogP contribution is 2.24. The summed E-state index contributed by atoms with van der Waals surface area (Å²) in [6, 6.07) is 2.72. The third-order valence-electron chi connectivity index (χ3n) is 3.09. The van der Waals surface area contributed by atoms with Crippen LogP contribution in [0, 0.1) is 12.8 Å². The van der Waals surface area contributed by atoms with Crippen LogP contribution in [-0.2, 0) is 10.0 Å². The summed E-state index contributed by atoms with van der Waals surface area (Å²) in [5, 5.41) is 8.01. The van der Waals surface area contributed by atoms with Crippen LogP contribution in [0.3, 0.4) is 0 Å². The number of benzene rings is 1. The average molecular weight is 377 g/mol. The van der Waals surface area contributed by atoms with Crippen LogP contribution in [0.15, 0.2) is 21.5 Å². The first kappa shape index (κ1) is 18.1. The maximum Gasteiger partial charge on any atom is 0.251 e. The van der Waals surface area contributed by atoms with Crippen LogP contribution in [0.25, 0.3) is 0 Å². The van der Waals surface area contributed by atoms with Crippen LogP contribution in [0.5, 0.6) is 0 Å². The van der Waals surface area contributed by atoms with Crippen molar-refractivity contribution in [2.24, 2.45) is 11.1 Å². The summed E-state index contributed by atoms with van der Waals surface area (Å²) in [5.41, 5.74) is 0.987. The second-order valence-electron chi connectivity index (χ2n) is 5.63. The number of halogens is 1. The van der Waals surface area contributed by atoms with Crippen molar-refractivity contribution in [3.63, 3.8) is 0 Å². The highest BCUT2D eigenvalue weighted by atomic mass is 79.9. The Morgan fingerprint density at radius 2 is 1.90 bits per heavy atom. The molecule has 0 aliphatic rings. The summed E-state index contributed by atoms with van der Waals surface area (Å²) in [7, 11) is -3.86. The third-order valence-corrected chi connectivity index (χ3v) is 4.81. The molecule has 0 radical (unpaired) electrons. The van der Waals surface area contributed by atoms with E-state index in [2.05, 4.69) is 35.1 Å². The van der Waals surface area contributed by atoms with Gasteiger partial charge in [0.05, 0.1) is 4.90 Å². The molecule has 0 fully saturated rings. The van der Waals surface area contributed by atoms with E-state index in [0.29, 0.717) is 21.5 Å². The van der Waals surface area contributed by atoms with E-state index >= 15 is 0 Å². The van der Waals surface area contributed by atoms with Crippen LogP contribution in [0.1, 0.15) is 43.1 Å². The zero-order valence-corrected chi connectivity index (χ0v) is 15.0. The third kappa shape index (κ3) is 5.09. The topological polar surface area (TPSA) is 89.3 Å². The van der Waals surface area contributed by atoms with Gasteiger partial charge in [-0.1, -0.05) is 29.8 Å². The second kappa shape index (κ2) is 6.89. The molecule has 0 aromatic heterocycles. The minimum atomic E-state index is -3.86. The molecular weight excluding hydrogens is 356 g/mol. The van der Waals surface area contributed by atoms with E-state index in [9.17, 15) is 13.2 Å². The van der Waals surface area contributed by atoms with Gasteiger partial charge in [0.25, 0.3) is 5.91 Å². The molecule has 0 aliphatic heterocycles. The number of carbonyl (C=O) groups excluding carboxylic acids is 1. The van der Waals surface area contributed by atoms with Crippen LogP contribution >= 0.6 is 15.9 Å². The van der Waals surface area contributed by atoms with E-state index < -0.39 is 10.0 Å². The first-order valence-electron chi connectivity index (χ1n) is 6.66. The molecule has 21 heavy (non-hydrogen) atoms. The zero-order chi connectivity index (χ0) is 16.4. The Kier molecular flexibility index (Phi) is 5.95. The maximum atomic E-state index is 12.3. The van der Waals surface area contributed by atoms with Gasteiger partial charge < -0.3 is 5.32 Å². The van der Waals surface area contributed by atoms with Crippen molar-refractivity contribution < 1.29 is 13.2 Å². The van der Waals surface area contributed by atoms with Gasteiger partial charge in [0.15, 0.2) is 0 Å². The maximum absolute atomic E-state index is 12.3. The number of primary sulfonamides is 1. The van der Waals surface area contributed by atoms with Gasteiger partial charge in [0.1, 0.15) is 0 Å². The molecule has 1 aromatic rings. The quantitative estimate of drug-likeness (QED) is 0.827. The van der Waals surface area contributed by atoms with Crippen molar-refractivity contribution in [3.8, 4) is 0 Å². The average Bonchev–Trinajstić information content (AvgIpc) is 2.29. The molecule has 0 saturated carbocycles. The molecule has 0 heterocycles. The fourth-order valence-electron chi connectivity index (χ4n) is 2.12. The number of rotatable bonds is 5. The summed E-state index contributed by atoms with van der Waals surface area (Å²) < 4.78 is 23.5. The molecule has 0 saturated heterocycles. The smallest absolute Gasteiger partial charge is 0.251 e. The lowest BCUT2D eigenvalue weighted by molar-refractivity contribution is 0.0935. The lowest BCUT2D eigenvalue weighted by atomic mass is 10.0. The predicted molar refractivity (Wildman–Crippen MR) is 86.6 cm³/mol. The van der Waals surface area contributed by atoms with E-state index in [4.69, 9.17) is 5.14 Å². The number of amides is 1. The van der Waals surface area contributed by atoms with Gasteiger partial charge in [-0.05, 0) is 43.9 Å². The molecule has 0 bridgehead atoms. The Labute approximate surface area is 134 Å². The zero-order valence-electron chi connectivity index (χ0n) is 12.6. The summed E-state index contributed by atoms with van der Waals surface area (Å²) >= 11 is 3.26. The normalized spacial score (nSPS) is 13.3. The van der Waals surface area contributed by atoms with Gasteiger partial charge in [0, 0.05) is 16.1 Å². The summed E-state index contributed by atoms with van der Waals surface area (Å²) in [6.07, 6.45) is 0.848. The SMILES string of the molecule is Cc1c(Br)cc(S(N)(=O)=O)cc1C(=O)NC(C)CC(C)C. The number of hydrogen-bond acceptors (Lipinski definition) is 3. The molecule has 0 spiro atoms. The number of carbonyl (C=O) groups is 1. The van der Waals surface area contributed by atoms with Crippen LogP contribution < -0.4 is 10.5 Å². The minimum absolute atomic E-state index is 0.00816. The molecule has 1 aromatic carbocycles. The highest BCUT2D eigenvalue weighted by molar-refractivity contribution is 9.10. The molecule has 1 rings (SSSR count). The van der Waals surface area contributed by atoms with E-state index in [1.165, 1.54) is 12.1 Å². The number of hydrogen-bond donors (Lipinski definition) is 2. The molecule has 118 valence electrons. The van der Waals surface area contributed by atoms with Gasteiger partial charge in [-0.2, -0.15) is 0 Å². The van der Waals surface area contributed by atoms with Crippen LogP contribution in [0.2, 0.25) is 0 Å². The Morgan fingerprint density at radius 1 is 1.33 bits per heavy atom. The first-order valence-corrected chi connectivity index (χ1v) is 9.00. The Morgan fingerprint density at radius 3 is 2.38 bits per heavy atom. The first-order chi connectivity index (χ1) is 9.52. The number of sulfonamides is 1. The molecule has 0 aliphatic carbocycles. The Hall–Kier alpha value is -0.920. The lowest BCUT2D eigenvalue weighted by Crippen LogP contribution is -2.34. The highest BCUT2D eigenvalue weighted by Gasteiger charge is 2.19. The molecule has 1 unspecified atom stereocenters. The molecule has 1 atom stereocenters. The van der Waals surface area contributed by atoms with Crippen molar-refractivity contribution in [2.75, 3.05) is 0 Å². The van der Waals surface area contributed by atoms with Gasteiger partial charge >= 0.3 is 0 Å². The van der Waals surface area contributed by atoms with E-state index in [1.807, 2.05) is 6.92 Å². The van der Waals surface area contributed by atoms with E-state index in [-0.39, 0.29) is 16.8 Å². The van der Waals surface area contributed by atoms with Crippen molar-refractivity contribution in [1.29, 1.82) is 0 Å². The van der Waals surface area contributed by atoms with Crippen molar-refractivity contribution in [2.45, 2.75) is 45.1 Å². The van der Waals surface area contributed by atoms with E-state index in [1.54, 1.807) is 6.92 Å². The second-order valence-corrected chi connectivity index (χ2v) is 8.04. The lowest BCUT2D eigenvalue weighted by Gasteiger charge is -2.17. The fourth-order valence-corrected chi connectivity index (χ4v) is 3.30. The van der Waals surface area contributed by atoms with E-state index in [0.717, 1.165) is 6.42 Å². The Bertz CT molecular complexity index is 642.